The topological polar surface area (TPSA) is 55.1 Å². The molecule has 0 aliphatic heterocycles. The minimum absolute atomic E-state index is 0.359. The van der Waals surface area contributed by atoms with Crippen molar-refractivity contribution in [3.8, 4) is 0 Å². The van der Waals surface area contributed by atoms with E-state index in [1.54, 1.807) is 12.1 Å². The lowest BCUT2D eigenvalue weighted by Gasteiger charge is -2.35. The van der Waals surface area contributed by atoms with Crippen molar-refractivity contribution in [1.29, 1.82) is 0 Å². The van der Waals surface area contributed by atoms with Gasteiger partial charge < -0.3 is 9.67 Å². The van der Waals surface area contributed by atoms with Crippen molar-refractivity contribution in [2.24, 2.45) is 5.41 Å². The predicted octanol–water partition coefficient (Wildman–Crippen LogP) is 4.18. The summed E-state index contributed by atoms with van der Waals surface area (Å²) in [6, 6.07) is 5.71. The van der Waals surface area contributed by atoms with Crippen LogP contribution in [0, 0.1) is 12.3 Å². The van der Waals surface area contributed by atoms with Crippen molar-refractivity contribution < 1.29 is 9.90 Å². The first kappa shape index (κ1) is 14.1. The molecule has 0 amide bonds. The molecular weight excluding hydrogens is 264 g/mol. The molecule has 0 bridgehead atoms. The van der Waals surface area contributed by atoms with Gasteiger partial charge in [0, 0.05) is 6.04 Å². The Morgan fingerprint density at radius 1 is 1.33 bits per heavy atom. The largest absolute Gasteiger partial charge is 0.478 e. The van der Waals surface area contributed by atoms with E-state index in [-0.39, 0.29) is 0 Å². The van der Waals surface area contributed by atoms with Gasteiger partial charge in [-0.25, -0.2) is 9.78 Å². The van der Waals surface area contributed by atoms with E-state index in [1.807, 2.05) is 13.0 Å². The quantitative estimate of drug-likeness (QED) is 0.900. The molecule has 0 atom stereocenters. The second-order valence-electron chi connectivity index (χ2n) is 6.90. The lowest BCUT2D eigenvalue weighted by molar-refractivity contribution is 0.0698. The Bertz CT molecular complexity index is 690. The maximum Gasteiger partial charge on any atom is 0.337 e. The molecule has 0 spiro atoms. The van der Waals surface area contributed by atoms with E-state index >= 15 is 0 Å². The van der Waals surface area contributed by atoms with Crippen LogP contribution in [0.4, 0.5) is 0 Å². The van der Waals surface area contributed by atoms with Crippen LogP contribution >= 0.6 is 0 Å². The SMILES string of the molecule is Cc1nc2cccc(C(=O)O)c2n1C1CCC(C)(C)CC1. The number of para-hydroxylation sites is 1. The summed E-state index contributed by atoms with van der Waals surface area (Å²) in [5.74, 6) is 0.0429. The van der Waals surface area contributed by atoms with Gasteiger partial charge in [-0.15, -0.1) is 0 Å². The predicted molar refractivity (Wildman–Crippen MR) is 82.7 cm³/mol. The fourth-order valence-electron chi connectivity index (χ4n) is 3.53. The van der Waals surface area contributed by atoms with Crippen LogP contribution in [0.5, 0.6) is 0 Å². The standard InChI is InChI=1S/C17H22N2O2/c1-11-18-14-6-4-5-13(16(20)21)15(14)19(11)12-7-9-17(2,3)10-8-12/h4-6,12H,7-10H2,1-3H3,(H,20,21). The first-order valence-electron chi connectivity index (χ1n) is 7.60. The molecule has 3 rings (SSSR count). The van der Waals surface area contributed by atoms with Gasteiger partial charge in [-0.1, -0.05) is 19.9 Å². The Labute approximate surface area is 124 Å². The van der Waals surface area contributed by atoms with Gasteiger partial charge in [0.2, 0.25) is 0 Å². The van der Waals surface area contributed by atoms with Crippen molar-refractivity contribution in [3.63, 3.8) is 0 Å². The highest BCUT2D eigenvalue weighted by atomic mass is 16.4. The van der Waals surface area contributed by atoms with Crippen LogP contribution in [-0.4, -0.2) is 20.6 Å². The molecule has 2 aromatic rings. The number of hydrogen-bond acceptors (Lipinski definition) is 2. The molecule has 1 aromatic carbocycles. The summed E-state index contributed by atoms with van der Waals surface area (Å²) < 4.78 is 2.16. The van der Waals surface area contributed by atoms with Gasteiger partial charge in [0.25, 0.3) is 0 Å². The van der Waals surface area contributed by atoms with Crippen LogP contribution in [-0.2, 0) is 0 Å². The van der Waals surface area contributed by atoms with Gasteiger partial charge in [-0.2, -0.15) is 0 Å². The molecule has 1 saturated carbocycles. The molecule has 1 aliphatic rings. The van der Waals surface area contributed by atoms with E-state index < -0.39 is 5.97 Å². The first-order valence-corrected chi connectivity index (χ1v) is 7.60. The Morgan fingerprint density at radius 2 is 2.00 bits per heavy atom. The normalized spacial score (nSPS) is 19.0. The molecule has 4 heteroatoms. The van der Waals surface area contributed by atoms with E-state index in [4.69, 9.17) is 0 Å². The van der Waals surface area contributed by atoms with E-state index in [0.717, 1.165) is 29.7 Å². The van der Waals surface area contributed by atoms with E-state index in [0.29, 0.717) is 17.0 Å². The molecule has 1 N–H and O–H groups in total. The average molecular weight is 286 g/mol. The highest BCUT2D eigenvalue weighted by molar-refractivity contribution is 6.01. The smallest absolute Gasteiger partial charge is 0.337 e. The van der Waals surface area contributed by atoms with Crippen molar-refractivity contribution in [2.75, 3.05) is 0 Å². The number of imidazole rings is 1. The maximum atomic E-state index is 11.5. The van der Waals surface area contributed by atoms with Crippen molar-refractivity contribution >= 4 is 17.0 Å². The second kappa shape index (κ2) is 4.86. The monoisotopic (exact) mass is 286 g/mol. The molecule has 4 nitrogen and oxygen atoms in total. The third kappa shape index (κ3) is 2.43. The summed E-state index contributed by atoms with van der Waals surface area (Å²) in [5.41, 5.74) is 2.33. The Hall–Kier alpha value is -1.84. The van der Waals surface area contributed by atoms with Crippen molar-refractivity contribution in [1.82, 2.24) is 9.55 Å². The van der Waals surface area contributed by atoms with Gasteiger partial charge >= 0.3 is 5.97 Å². The highest BCUT2D eigenvalue weighted by Crippen LogP contribution is 2.41. The van der Waals surface area contributed by atoms with Crippen LogP contribution in [0.25, 0.3) is 11.0 Å². The summed E-state index contributed by atoms with van der Waals surface area (Å²) in [5, 5.41) is 9.46. The lowest BCUT2D eigenvalue weighted by Crippen LogP contribution is -2.24. The Kier molecular flexibility index (Phi) is 3.27. The maximum absolute atomic E-state index is 11.5. The summed E-state index contributed by atoms with van der Waals surface area (Å²) in [7, 11) is 0. The zero-order valence-electron chi connectivity index (χ0n) is 12.9. The van der Waals surface area contributed by atoms with Crippen molar-refractivity contribution in [2.45, 2.75) is 52.5 Å². The summed E-state index contributed by atoms with van der Waals surface area (Å²) >= 11 is 0. The van der Waals surface area contributed by atoms with Crippen molar-refractivity contribution in [3.05, 3.63) is 29.6 Å². The zero-order chi connectivity index (χ0) is 15.2. The molecule has 0 unspecified atom stereocenters. The molecule has 1 aliphatic carbocycles. The number of fused-ring (bicyclic) bond motifs is 1. The summed E-state index contributed by atoms with van der Waals surface area (Å²) in [6.45, 7) is 6.60. The molecule has 1 aromatic heterocycles. The molecule has 1 fully saturated rings. The molecule has 0 saturated heterocycles. The fourth-order valence-corrected chi connectivity index (χ4v) is 3.53. The second-order valence-corrected chi connectivity index (χ2v) is 6.90. The molecular formula is C17H22N2O2. The van der Waals surface area contributed by atoms with E-state index in [9.17, 15) is 9.90 Å². The number of aromatic nitrogens is 2. The molecule has 0 radical (unpaired) electrons. The number of benzene rings is 1. The van der Waals surface area contributed by atoms with Crippen LogP contribution < -0.4 is 0 Å². The molecule has 21 heavy (non-hydrogen) atoms. The number of hydrogen-bond donors (Lipinski definition) is 1. The third-order valence-corrected chi connectivity index (χ3v) is 4.79. The highest BCUT2D eigenvalue weighted by Gasteiger charge is 2.30. The van der Waals surface area contributed by atoms with Gasteiger partial charge in [-0.05, 0) is 50.2 Å². The summed E-state index contributed by atoms with van der Waals surface area (Å²) in [4.78, 5) is 16.1. The molecule has 112 valence electrons. The number of rotatable bonds is 2. The first-order chi connectivity index (χ1) is 9.89. The zero-order valence-corrected chi connectivity index (χ0v) is 12.9. The van der Waals surface area contributed by atoms with Crippen LogP contribution in [0.15, 0.2) is 18.2 Å². The Balaban J connectivity index is 2.10. The number of carboxylic acid groups (broad SMARTS) is 1. The lowest BCUT2D eigenvalue weighted by atomic mass is 9.75. The minimum Gasteiger partial charge on any atom is -0.478 e. The van der Waals surface area contributed by atoms with E-state index in [2.05, 4.69) is 23.4 Å². The number of aryl methyl sites for hydroxylation is 1. The average Bonchev–Trinajstić information content (AvgIpc) is 2.74. The van der Waals surface area contributed by atoms with Gasteiger partial charge in [0.15, 0.2) is 0 Å². The molecule has 1 heterocycles. The minimum atomic E-state index is -0.877. The summed E-state index contributed by atoms with van der Waals surface area (Å²) in [6.07, 6.45) is 4.53. The van der Waals surface area contributed by atoms with E-state index in [1.165, 1.54) is 12.8 Å². The third-order valence-electron chi connectivity index (χ3n) is 4.79. The van der Waals surface area contributed by atoms with Gasteiger partial charge in [-0.3, -0.25) is 0 Å². The van der Waals surface area contributed by atoms with Crippen LogP contribution in [0.1, 0.15) is 61.8 Å². The van der Waals surface area contributed by atoms with Gasteiger partial charge in [0.1, 0.15) is 5.82 Å². The van der Waals surface area contributed by atoms with Crippen LogP contribution in [0.2, 0.25) is 0 Å². The van der Waals surface area contributed by atoms with Crippen LogP contribution in [0.3, 0.4) is 0 Å². The fraction of sp³-hybridized carbons (Fsp3) is 0.529. The Morgan fingerprint density at radius 3 is 2.62 bits per heavy atom. The number of carbonyl (C=O) groups is 1. The van der Waals surface area contributed by atoms with Gasteiger partial charge in [0.05, 0.1) is 16.6 Å². The number of aromatic carboxylic acids is 1. The number of nitrogens with zero attached hydrogens (tertiary/aromatic N) is 2. The number of carboxylic acids is 1.